The lowest BCUT2D eigenvalue weighted by atomic mass is 9.95. The predicted octanol–water partition coefficient (Wildman–Crippen LogP) is 1.36. The number of ether oxygens (including phenoxy) is 2. The summed E-state index contributed by atoms with van der Waals surface area (Å²) in [5, 5.41) is 11.7. The molecule has 0 spiro atoms. The van der Waals surface area contributed by atoms with E-state index in [1.54, 1.807) is 20.8 Å². The zero-order chi connectivity index (χ0) is 14.5. The molecule has 0 bridgehead atoms. The molecule has 1 rings (SSSR count). The van der Waals surface area contributed by atoms with Crippen LogP contribution in [0.15, 0.2) is 0 Å². The molecule has 0 aliphatic heterocycles. The van der Waals surface area contributed by atoms with Crippen LogP contribution in [-0.2, 0) is 14.3 Å². The first-order chi connectivity index (χ1) is 8.76. The third-order valence-electron chi connectivity index (χ3n) is 2.72. The number of carbonyl (C=O) groups is 2. The Morgan fingerprint density at radius 1 is 1.21 bits per heavy atom. The van der Waals surface area contributed by atoms with Gasteiger partial charge in [-0.15, -0.1) is 0 Å². The number of amides is 1. The molecular weight excluding hydrogens is 250 g/mol. The van der Waals surface area contributed by atoms with Crippen LogP contribution < -0.4 is 5.32 Å². The number of hydrogen-bond donors (Lipinski definition) is 2. The maximum atomic E-state index is 11.5. The van der Waals surface area contributed by atoms with Crippen LogP contribution in [0.3, 0.4) is 0 Å². The van der Waals surface area contributed by atoms with Crippen LogP contribution in [0.5, 0.6) is 0 Å². The molecule has 0 unspecified atom stereocenters. The van der Waals surface area contributed by atoms with Crippen molar-refractivity contribution in [3.8, 4) is 0 Å². The maximum Gasteiger partial charge on any atom is 0.408 e. The minimum absolute atomic E-state index is 0.156. The van der Waals surface area contributed by atoms with E-state index >= 15 is 0 Å². The van der Waals surface area contributed by atoms with Crippen molar-refractivity contribution < 1.29 is 24.2 Å². The van der Waals surface area contributed by atoms with Gasteiger partial charge in [0.1, 0.15) is 18.2 Å². The molecular formula is C13H23NO5. The van der Waals surface area contributed by atoms with E-state index in [1.807, 2.05) is 0 Å². The number of nitrogens with one attached hydrogen (secondary N) is 1. The van der Waals surface area contributed by atoms with Crippen molar-refractivity contribution >= 4 is 12.1 Å². The van der Waals surface area contributed by atoms with E-state index in [1.165, 1.54) is 0 Å². The highest BCUT2D eigenvalue weighted by molar-refractivity contribution is 5.78. The molecule has 1 aliphatic rings. The Kier molecular flexibility index (Phi) is 5.60. The number of hydrogen-bond acceptors (Lipinski definition) is 5. The van der Waals surface area contributed by atoms with Gasteiger partial charge in [0.15, 0.2) is 0 Å². The zero-order valence-corrected chi connectivity index (χ0v) is 11.8. The molecule has 0 atom stereocenters. The van der Waals surface area contributed by atoms with Crippen LogP contribution in [-0.4, -0.2) is 41.5 Å². The van der Waals surface area contributed by atoms with Gasteiger partial charge in [0.25, 0.3) is 0 Å². The monoisotopic (exact) mass is 273 g/mol. The predicted molar refractivity (Wildman–Crippen MR) is 68.6 cm³/mol. The lowest BCUT2D eigenvalue weighted by molar-refractivity contribution is -0.150. The van der Waals surface area contributed by atoms with Gasteiger partial charge in [-0.25, -0.2) is 4.79 Å². The summed E-state index contributed by atoms with van der Waals surface area (Å²) in [6, 6.07) is 0. The Morgan fingerprint density at radius 2 is 1.79 bits per heavy atom. The first-order valence-electron chi connectivity index (χ1n) is 6.60. The maximum absolute atomic E-state index is 11.5. The lowest BCUT2D eigenvalue weighted by Crippen LogP contribution is -2.37. The fourth-order valence-corrected chi connectivity index (χ4v) is 1.85. The normalized spacial score (nSPS) is 23.6. The molecule has 0 heterocycles. The standard InChI is InChI=1S/C13H23NO5/c1-13(2,3)19-12(17)14-8-11(16)18-10-6-4-9(15)5-7-10/h9-10,15H,4-8H2,1-3H3,(H,14,17). The van der Waals surface area contributed by atoms with Crippen LogP contribution in [0, 0.1) is 0 Å². The lowest BCUT2D eigenvalue weighted by Gasteiger charge is -2.25. The zero-order valence-electron chi connectivity index (χ0n) is 11.8. The molecule has 19 heavy (non-hydrogen) atoms. The van der Waals surface area contributed by atoms with E-state index in [0.29, 0.717) is 25.7 Å². The summed E-state index contributed by atoms with van der Waals surface area (Å²) in [4.78, 5) is 22.8. The summed E-state index contributed by atoms with van der Waals surface area (Å²) in [6.45, 7) is 5.04. The number of carbonyl (C=O) groups excluding carboxylic acids is 2. The Balaban J connectivity index is 2.19. The summed E-state index contributed by atoms with van der Waals surface area (Å²) < 4.78 is 10.2. The van der Waals surface area contributed by atoms with Gasteiger partial charge in [0.05, 0.1) is 6.10 Å². The molecule has 0 saturated heterocycles. The molecule has 2 N–H and O–H groups in total. The van der Waals surface area contributed by atoms with Crippen molar-refractivity contribution in [3.63, 3.8) is 0 Å². The SMILES string of the molecule is CC(C)(C)OC(=O)NCC(=O)OC1CCC(O)CC1. The Hall–Kier alpha value is -1.30. The number of rotatable bonds is 3. The average Bonchev–Trinajstić information content (AvgIpc) is 2.27. The molecule has 6 heteroatoms. The van der Waals surface area contributed by atoms with Crippen LogP contribution in [0.4, 0.5) is 4.79 Å². The number of esters is 1. The van der Waals surface area contributed by atoms with Crippen molar-refractivity contribution in [2.75, 3.05) is 6.54 Å². The largest absolute Gasteiger partial charge is 0.461 e. The second-order valence-corrected chi connectivity index (χ2v) is 5.78. The van der Waals surface area contributed by atoms with Gasteiger partial charge < -0.3 is 19.9 Å². The minimum Gasteiger partial charge on any atom is -0.461 e. The van der Waals surface area contributed by atoms with Gasteiger partial charge >= 0.3 is 12.1 Å². The first kappa shape index (κ1) is 15.8. The van der Waals surface area contributed by atoms with Crippen molar-refractivity contribution in [3.05, 3.63) is 0 Å². The summed E-state index contributed by atoms with van der Waals surface area (Å²) in [5.74, 6) is -0.479. The fraction of sp³-hybridized carbons (Fsp3) is 0.846. The first-order valence-corrected chi connectivity index (χ1v) is 6.60. The van der Waals surface area contributed by atoms with Crippen molar-refractivity contribution in [1.82, 2.24) is 5.32 Å². The topological polar surface area (TPSA) is 84.9 Å². The van der Waals surface area contributed by atoms with Crippen molar-refractivity contribution in [2.45, 2.75) is 64.3 Å². The number of aliphatic hydroxyl groups is 1. The van der Waals surface area contributed by atoms with E-state index in [2.05, 4.69) is 5.32 Å². The number of alkyl carbamates (subject to hydrolysis) is 1. The van der Waals surface area contributed by atoms with Gasteiger partial charge in [0.2, 0.25) is 0 Å². The molecule has 1 fully saturated rings. The fourth-order valence-electron chi connectivity index (χ4n) is 1.85. The highest BCUT2D eigenvalue weighted by atomic mass is 16.6. The van der Waals surface area contributed by atoms with Gasteiger partial charge in [-0.3, -0.25) is 4.79 Å². The van der Waals surface area contributed by atoms with Crippen LogP contribution in [0.2, 0.25) is 0 Å². The smallest absolute Gasteiger partial charge is 0.408 e. The summed E-state index contributed by atoms with van der Waals surface area (Å²) in [5.41, 5.74) is -0.590. The third-order valence-corrected chi connectivity index (χ3v) is 2.72. The summed E-state index contributed by atoms with van der Waals surface area (Å²) in [6.07, 6.45) is 1.56. The molecule has 1 aliphatic carbocycles. The van der Waals surface area contributed by atoms with Crippen molar-refractivity contribution in [1.29, 1.82) is 0 Å². The van der Waals surface area contributed by atoms with E-state index in [-0.39, 0.29) is 18.8 Å². The van der Waals surface area contributed by atoms with E-state index < -0.39 is 17.7 Å². The van der Waals surface area contributed by atoms with E-state index in [4.69, 9.17) is 9.47 Å². The second kappa shape index (κ2) is 6.75. The van der Waals surface area contributed by atoms with Crippen LogP contribution in [0.25, 0.3) is 0 Å². The number of aliphatic hydroxyl groups excluding tert-OH is 1. The minimum atomic E-state index is -0.636. The molecule has 1 amide bonds. The summed E-state index contributed by atoms with van der Waals surface area (Å²) >= 11 is 0. The quantitative estimate of drug-likeness (QED) is 0.758. The molecule has 0 aromatic carbocycles. The van der Waals surface area contributed by atoms with Gasteiger partial charge in [0, 0.05) is 0 Å². The molecule has 6 nitrogen and oxygen atoms in total. The van der Waals surface area contributed by atoms with Gasteiger partial charge in [-0.05, 0) is 46.5 Å². The molecule has 0 aromatic heterocycles. The average molecular weight is 273 g/mol. The highest BCUT2D eigenvalue weighted by Gasteiger charge is 2.23. The second-order valence-electron chi connectivity index (χ2n) is 5.78. The van der Waals surface area contributed by atoms with Gasteiger partial charge in [-0.1, -0.05) is 0 Å². The third kappa shape index (κ3) is 7.00. The van der Waals surface area contributed by atoms with Crippen molar-refractivity contribution in [2.24, 2.45) is 0 Å². The Morgan fingerprint density at radius 3 is 2.32 bits per heavy atom. The van der Waals surface area contributed by atoms with E-state index in [0.717, 1.165) is 0 Å². The van der Waals surface area contributed by atoms with Gasteiger partial charge in [-0.2, -0.15) is 0 Å². The van der Waals surface area contributed by atoms with E-state index in [9.17, 15) is 14.7 Å². The van der Waals surface area contributed by atoms with Crippen LogP contribution >= 0.6 is 0 Å². The Bertz CT molecular complexity index is 315. The molecule has 0 aromatic rings. The van der Waals surface area contributed by atoms with Crippen LogP contribution in [0.1, 0.15) is 46.5 Å². The highest BCUT2D eigenvalue weighted by Crippen LogP contribution is 2.20. The Labute approximate surface area is 113 Å². The molecule has 1 saturated carbocycles. The summed E-state index contributed by atoms with van der Waals surface area (Å²) in [7, 11) is 0. The molecule has 0 radical (unpaired) electrons. The molecule has 110 valence electrons.